The number of benzene rings is 2. The molecule has 2 aromatic carbocycles. The molecule has 0 radical (unpaired) electrons. The highest BCUT2D eigenvalue weighted by Crippen LogP contribution is 2.58. The molecule has 1 aliphatic carbocycles. The van der Waals surface area contributed by atoms with Gasteiger partial charge >= 0.3 is 0 Å². The van der Waals surface area contributed by atoms with Crippen LogP contribution >= 0.6 is 0 Å². The number of fused-ring (bicyclic) bond motifs is 2. The monoisotopic (exact) mass is 417 g/mol. The first-order valence-corrected chi connectivity index (χ1v) is 11.0. The van der Waals surface area contributed by atoms with Crippen LogP contribution in [-0.2, 0) is 10.0 Å². The van der Waals surface area contributed by atoms with E-state index in [9.17, 15) is 8.42 Å². The lowest BCUT2D eigenvalue weighted by atomic mass is 10.0. The maximum Gasteiger partial charge on any atom is 0.246 e. The first-order valence-electron chi connectivity index (χ1n) is 9.52. The van der Waals surface area contributed by atoms with Crippen molar-refractivity contribution in [3.05, 3.63) is 30.3 Å². The fourth-order valence-corrected chi connectivity index (χ4v) is 6.18. The summed E-state index contributed by atoms with van der Waals surface area (Å²) in [5, 5.41) is 0. The third kappa shape index (κ3) is 2.85. The average molecular weight is 417 g/mol. The largest absolute Gasteiger partial charge is 0.496 e. The second kappa shape index (κ2) is 6.27. The van der Waals surface area contributed by atoms with Crippen LogP contribution in [0.25, 0.3) is 11.1 Å². The van der Waals surface area contributed by atoms with Crippen molar-refractivity contribution in [2.24, 2.45) is 11.3 Å². The number of hydrogen-bond donors (Lipinski definition) is 0. The zero-order chi connectivity index (χ0) is 20.4. The molecule has 0 bridgehead atoms. The van der Waals surface area contributed by atoms with Gasteiger partial charge in [-0.15, -0.1) is 0 Å². The summed E-state index contributed by atoms with van der Waals surface area (Å²) in [6.07, 6.45) is 1.10. The summed E-state index contributed by atoms with van der Waals surface area (Å²) >= 11 is 0. The van der Waals surface area contributed by atoms with Gasteiger partial charge in [-0.3, -0.25) is 0 Å². The normalized spacial score (nSPS) is 25.0. The van der Waals surface area contributed by atoms with Crippen molar-refractivity contribution in [3.63, 3.8) is 0 Å². The molecular weight excluding hydrogens is 394 g/mol. The maximum atomic E-state index is 13.4. The summed E-state index contributed by atoms with van der Waals surface area (Å²) in [6.45, 7) is 3.43. The molecule has 1 saturated carbocycles. The third-order valence-electron chi connectivity index (χ3n) is 6.29. The molecule has 2 atom stereocenters. The van der Waals surface area contributed by atoms with Crippen LogP contribution in [0, 0.1) is 11.3 Å². The highest BCUT2D eigenvalue weighted by Gasteiger charge is 2.58. The van der Waals surface area contributed by atoms with Crippen LogP contribution in [0.1, 0.15) is 13.3 Å². The van der Waals surface area contributed by atoms with Crippen LogP contribution < -0.4 is 18.9 Å². The van der Waals surface area contributed by atoms with Gasteiger partial charge in [0.25, 0.3) is 0 Å². The van der Waals surface area contributed by atoms with Gasteiger partial charge in [-0.05, 0) is 41.5 Å². The summed E-state index contributed by atoms with van der Waals surface area (Å²) in [5.41, 5.74) is 1.56. The van der Waals surface area contributed by atoms with E-state index in [0.29, 0.717) is 47.6 Å². The molecule has 29 heavy (non-hydrogen) atoms. The number of sulfonamides is 1. The van der Waals surface area contributed by atoms with E-state index in [0.717, 1.165) is 12.0 Å². The lowest BCUT2D eigenvalue weighted by Gasteiger charge is -2.21. The minimum atomic E-state index is -3.67. The zero-order valence-electron chi connectivity index (χ0n) is 16.6. The Morgan fingerprint density at radius 1 is 1.07 bits per heavy atom. The Hall–Kier alpha value is -2.45. The lowest BCUT2D eigenvalue weighted by molar-refractivity contribution is 0.174. The number of ether oxygens (including phenoxy) is 4. The Labute approximate surface area is 170 Å². The number of piperidine rings is 1. The zero-order valence-corrected chi connectivity index (χ0v) is 17.4. The Morgan fingerprint density at radius 2 is 1.79 bits per heavy atom. The second-order valence-corrected chi connectivity index (χ2v) is 10.0. The average Bonchev–Trinajstić information content (AvgIpc) is 3.05. The molecule has 0 amide bonds. The Kier molecular flexibility index (Phi) is 4.02. The molecule has 3 aliphatic rings. The van der Waals surface area contributed by atoms with Gasteiger partial charge in [0.15, 0.2) is 11.5 Å². The predicted octanol–water partition coefficient (Wildman–Crippen LogP) is 3.13. The van der Waals surface area contributed by atoms with Gasteiger partial charge in [-0.2, -0.15) is 4.31 Å². The molecule has 2 fully saturated rings. The SMILES string of the molecule is COc1cc2c(cc1-c1ccc(OC)c(S(=O)(=O)N3C[C@@H]4C[C@]4(C)C3)c1)OCO2. The van der Waals surface area contributed by atoms with E-state index >= 15 is 0 Å². The Balaban J connectivity index is 1.59. The number of hydrogen-bond acceptors (Lipinski definition) is 6. The van der Waals surface area contributed by atoms with Gasteiger partial charge in [0, 0.05) is 24.7 Å². The van der Waals surface area contributed by atoms with Crippen LogP contribution in [0.5, 0.6) is 23.0 Å². The van der Waals surface area contributed by atoms with Gasteiger partial charge < -0.3 is 18.9 Å². The van der Waals surface area contributed by atoms with Crippen molar-refractivity contribution in [1.82, 2.24) is 4.31 Å². The molecule has 2 heterocycles. The minimum Gasteiger partial charge on any atom is -0.496 e. The van der Waals surface area contributed by atoms with Gasteiger partial charge in [-0.1, -0.05) is 13.0 Å². The van der Waals surface area contributed by atoms with E-state index in [4.69, 9.17) is 18.9 Å². The number of rotatable bonds is 5. The quantitative estimate of drug-likeness (QED) is 0.744. The molecule has 8 heteroatoms. The Bertz CT molecular complexity index is 1100. The molecule has 7 nitrogen and oxygen atoms in total. The van der Waals surface area contributed by atoms with Crippen LogP contribution in [0.4, 0.5) is 0 Å². The fraction of sp³-hybridized carbons (Fsp3) is 0.429. The van der Waals surface area contributed by atoms with Gasteiger partial charge in [-0.25, -0.2) is 8.42 Å². The van der Waals surface area contributed by atoms with E-state index in [2.05, 4.69) is 6.92 Å². The fourth-order valence-electron chi connectivity index (χ4n) is 4.38. The van der Waals surface area contributed by atoms with Crippen molar-refractivity contribution >= 4 is 10.0 Å². The molecule has 1 saturated heterocycles. The summed E-state index contributed by atoms with van der Waals surface area (Å²) in [6, 6.07) is 8.72. The van der Waals surface area contributed by atoms with Crippen LogP contribution in [-0.4, -0.2) is 46.8 Å². The van der Waals surface area contributed by atoms with Crippen molar-refractivity contribution in [1.29, 1.82) is 0 Å². The summed E-state index contributed by atoms with van der Waals surface area (Å²) < 4.78 is 50.2. The van der Waals surface area contributed by atoms with Crippen molar-refractivity contribution < 1.29 is 27.4 Å². The first-order chi connectivity index (χ1) is 13.9. The topological polar surface area (TPSA) is 74.3 Å². The van der Waals surface area contributed by atoms with Crippen molar-refractivity contribution in [2.45, 2.75) is 18.2 Å². The summed E-state index contributed by atoms with van der Waals surface area (Å²) in [7, 11) is -0.619. The molecule has 0 aromatic heterocycles. The van der Waals surface area contributed by atoms with Crippen molar-refractivity contribution in [3.8, 4) is 34.1 Å². The highest BCUT2D eigenvalue weighted by molar-refractivity contribution is 7.89. The second-order valence-electron chi connectivity index (χ2n) is 8.12. The standard InChI is InChI=1S/C21H23NO6S/c1-21-9-14(21)10-22(11-21)29(23,24)20-6-13(4-5-16(20)25-2)15-7-18-19(28-12-27-18)8-17(15)26-3/h4-8,14H,9-12H2,1-3H3/t14-,21+/m0/s1. The molecule has 0 spiro atoms. The summed E-state index contributed by atoms with van der Waals surface area (Å²) in [4.78, 5) is 0.169. The molecule has 5 rings (SSSR count). The molecule has 154 valence electrons. The highest BCUT2D eigenvalue weighted by atomic mass is 32.2. The van der Waals surface area contributed by atoms with E-state index in [1.165, 1.54) is 7.11 Å². The lowest BCUT2D eigenvalue weighted by Crippen LogP contribution is -2.31. The molecule has 0 N–H and O–H groups in total. The summed E-state index contributed by atoms with van der Waals surface area (Å²) in [5.74, 6) is 2.59. The van der Waals surface area contributed by atoms with Gasteiger partial charge in [0.1, 0.15) is 16.4 Å². The van der Waals surface area contributed by atoms with Crippen molar-refractivity contribution in [2.75, 3.05) is 34.1 Å². The molecular formula is C21H23NO6S. The third-order valence-corrected chi connectivity index (χ3v) is 8.12. The van der Waals surface area contributed by atoms with E-state index in [1.54, 1.807) is 29.6 Å². The van der Waals surface area contributed by atoms with Gasteiger partial charge in [0.05, 0.1) is 14.2 Å². The molecule has 2 aromatic rings. The van der Waals surface area contributed by atoms with Crippen LogP contribution in [0.15, 0.2) is 35.2 Å². The maximum absolute atomic E-state index is 13.4. The van der Waals surface area contributed by atoms with E-state index < -0.39 is 10.0 Å². The molecule has 0 unspecified atom stereocenters. The van der Waals surface area contributed by atoms with Crippen LogP contribution in [0.3, 0.4) is 0 Å². The first kappa shape index (κ1) is 18.6. The molecule has 2 aliphatic heterocycles. The number of nitrogens with zero attached hydrogens (tertiary/aromatic N) is 1. The smallest absolute Gasteiger partial charge is 0.246 e. The van der Waals surface area contributed by atoms with Gasteiger partial charge in [0.2, 0.25) is 16.8 Å². The number of methoxy groups -OCH3 is 2. The Morgan fingerprint density at radius 3 is 2.45 bits per heavy atom. The minimum absolute atomic E-state index is 0.123. The van der Waals surface area contributed by atoms with E-state index in [1.807, 2.05) is 12.1 Å². The van der Waals surface area contributed by atoms with E-state index in [-0.39, 0.29) is 17.1 Å². The van der Waals surface area contributed by atoms with Crippen LogP contribution in [0.2, 0.25) is 0 Å². The predicted molar refractivity (Wildman–Crippen MR) is 106 cm³/mol.